The molecule has 0 aliphatic carbocycles. The number of methoxy groups -OCH3 is 1. The van der Waals surface area contributed by atoms with Crippen LogP contribution in [0.3, 0.4) is 0 Å². The van der Waals surface area contributed by atoms with Crippen LogP contribution in [0.2, 0.25) is 0 Å². The van der Waals surface area contributed by atoms with Gasteiger partial charge in [0.2, 0.25) is 0 Å². The number of nitrogens with one attached hydrogen (secondary N) is 2. The second-order valence-corrected chi connectivity index (χ2v) is 5.24. The molecule has 0 atom stereocenters. The molecule has 6 nitrogen and oxygen atoms in total. The number of hydrogen-bond acceptors (Lipinski definition) is 4. The average molecular weight is 313 g/mol. The predicted octanol–water partition coefficient (Wildman–Crippen LogP) is 0.963. The second-order valence-electron chi connectivity index (χ2n) is 3.74. The molecule has 10 heteroatoms. The minimum atomic E-state index is -4.65. The highest BCUT2D eigenvalue weighted by Crippen LogP contribution is 2.28. The van der Waals surface area contributed by atoms with Crippen molar-refractivity contribution in [1.82, 2.24) is 4.72 Å². The minimum absolute atomic E-state index is 0.00563. The number of alkyl halides is 3. The lowest BCUT2D eigenvalue weighted by Crippen LogP contribution is -2.37. The quantitative estimate of drug-likeness (QED) is 0.729. The number of benzene rings is 1. The van der Waals surface area contributed by atoms with E-state index < -0.39 is 22.9 Å². The Bertz CT molecular complexity index is 538. The molecule has 1 rings (SSSR count). The van der Waals surface area contributed by atoms with Gasteiger partial charge in [0.25, 0.3) is 10.2 Å². The van der Waals surface area contributed by atoms with Gasteiger partial charge >= 0.3 is 6.18 Å². The summed E-state index contributed by atoms with van der Waals surface area (Å²) in [6.07, 6.45) is -4.65. The van der Waals surface area contributed by atoms with Crippen molar-refractivity contribution in [2.24, 2.45) is 5.73 Å². The summed E-state index contributed by atoms with van der Waals surface area (Å²) in [5.74, 6) is 0.158. The molecule has 0 fully saturated rings. The molecular formula is C10H14F3N3O3S. The van der Waals surface area contributed by atoms with E-state index in [2.05, 4.69) is 0 Å². The second kappa shape index (κ2) is 6.29. The maximum absolute atomic E-state index is 12.0. The van der Waals surface area contributed by atoms with Crippen LogP contribution in [0.1, 0.15) is 5.56 Å². The largest absolute Gasteiger partial charge is 0.495 e. The van der Waals surface area contributed by atoms with Crippen molar-refractivity contribution in [1.29, 1.82) is 0 Å². The molecule has 1 aromatic rings. The third-order valence-electron chi connectivity index (χ3n) is 2.25. The van der Waals surface area contributed by atoms with E-state index in [4.69, 9.17) is 10.5 Å². The molecule has 0 saturated carbocycles. The first kappa shape index (κ1) is 16.5. The van der Waals surface area contributed by atoms with Gasteiger partial charge < -0.3 is 10.5 Å². The summed E-state index contributed by atoms with van der Waals surface area (Å²) in [6, 6.07) is 4.58. The van der Waals surface area contributed by atoms with Crippen LogP contribution in [-0.4, -0.2) is 28.2 Å². The Kier molecular flexibility index (Phi) is 5.20. The monoisotopic (exact) mass is 313 g/mol. The van der Waals surface area contributed by atoms with Gasteiger partial charge in [0.05, 0.1) is 12.8 Å². The first-order chi connectivity index (χ1) is 9.18. The number of rotatable bonds is 6. The summed E-state index contributed by atoms with van der Waals surface area (Å²) in [7, 11) is -3.09. The maximum atomic E-state index is 12.0. The number of hydrogen-bond donors (Lipinski definition) is 3. The summed E-state index contributed by atoms with van der Waals surface area (Å²) in [4.78, 5) is 0. The van der Waals surface area contributed by atoms with Gasteiger partial charge in [-0.3, -0.25) is 4.72 Å². The Labute approximate surface area is 114 Å². The van der Waals surface area contributed by atoms with E-state index in [9.17, 15) is 21.6 Å². The van der Waals surface area contributed by atoms with Crippen LogP contribution in [0.25, 0.3) is 0 Å². The summed E-state index contributed by atoms with van der Waals surface area (Å²) in [6.45, 7) is -1.68. The topological polar surface area (TPSA) is 93.4 Å². The van der Waals surface area contributed by atoms with Crippen molar-refractivity contribution in [2.75, 3.05) is 18.4 Å². The van der Waals surface area contributed by atoms with E-state index in [0.29, 0.717) is 5.56 Å². The van der Waals surface area contributed by atoms with Gasteiger partial charge in [-0.1, -0.05) is 12.1 Å². The van der Waals surface area contributed by atoms with Gasteiger partial charge in [-0.05, 0) is 11.6 Å². The maximum Gasteiger partial charge on any atom is 0.402 e. The molecule has 0 saturated heterocycles. The lowest BCUT2D eigenvalue weighted by atomic mass is 10.1. The van der Waals surface area contributed by atoms with Crippen molar-refractivity contribution >= 4 is 15.9 Å². The normalized spacial score (nSPS) is 12.2. The number of ether oxygens (including phenoxy) is 1. The summed E-state index contributed by atoms with van der Waals surface area (Å²) < 4.78 is 67.5. The molecule has 0 amide bonds. The molecule has 0 bridgehead atoms. The van der Waals surface area contributed by atoms with Crippen LogP contribution in [0.5, 0.6) is 5.75 Å². The number of anilines is 1. The minimum Gasteiger partial charge on any atom is -0.495 e. The van der Waals surface area contributed by atoms with Crippen LogP contribution >= 0.6 is 0 Å². The Morgan fingerprint density at radius 3 is 2.50 bits per heavy atom. The molecule has 0 heterocycles. The molecule has 20 heavy (non-hydrogen) atoms. The fourth-order valence-electron chi connectivity index (χ4n) is 1.38. The zero-order valence-corrected chi connectivity index (χ0v) is 11.3. The molecule has 114 valence electrons. The van der Waals surface area contributed by atoms with E-state index >= 15 is 0 Å². The third-order valence-corrected chi connectivity index (χ3v) is 3.25. The third kappa shape index (κ3) is 4.87. The van der Waals surface area contributed by atoms with Gasteiger partial charge in [-0.2, -0.15) is 26.3 Å². The van der Waals surface area contributed by atoms with Crippen molar-refractivity contribution in [3.05, 3.63) is 23.8 Å². The zero-order valence-electron chi connectivity index (χ0n) is 10.5. The average Bonchev–Trinajstić information content (AvgIpc) is 2.36. The van der Waals surface area contributed by atoms with Gasteiger partial charge in [0.15, 0.2) is 0 Å². The van der Waals surface area contributed by atoms with E-state index in [1.54, 1.807) is 6.07 Å². The summed E-state index contributed by atoms with van der Waals surface area (Å²) >= 11 is 0. The summed E-state index contributed by atoms with van der Waals surface area (Å²) in [5, 5.41) is 0. The molecule has 0 spiro atoms. The predicted molar refractivity (Wildman–Crippen MR) is 67.5 cm³/mol. The van der Waals surface area contributed by atoms with Crippen LogP contribution < -0.4 is 19.9 Å². The molecule has 0 radical (unpaired) electrons. The van der Waals surface area contributed by atoms with E-state index in [1.165, 1.54) is 24.0 Å². The van der Waals surface area contributed by atoms with Crippen molar-refractivity contribution in [2.45, 2.75) is 12.7 Å². The highest BCUT2D eigenvalue weighted by molar-refractivity contribution is 7.90. The Hall–Kier alpha value is -1.52. The zero-order chi connectivity index (χ0) is 15.4. The van der Waals surface area contributed by atoms with Crippen LogP contribution in [0, 0.1) is 0 Å². The molecule has 0 aliphatic heterocycles. The van der Waals surface area contributed by atoms with E-state index in [1.807, 2.05) is 4.72 Å². The van der Waals surface area contributed by atoms with Crippen LogP contribution in [0.4, 0.5) is 18.9 Å². The van der Waals surface area contributed by atoms with E-state index in [0.717, 1.165) is 0 Å². The summed E-state index contributed by atoms with van der Waals surface area (Å²) in [5.41, 5.74) is 5.84. The molecule has 1 aromatic carbocycles. The fraction of sp³-hybridized carbons (Fsp3) is 0.400. The highest BCUT2D eigenvalue weighted by Gasteiger charge is 2.29. The Morgan fingerprint density at radius 1 is 1.35 bits per heavy atom. The van der Waals surface area contributed by atoms with Crippen molar-refractivity contribution in [3.8, 4) is 5.75 Å². The lowest BCUT2D eigenvalue weighted by molar-refractivity contribution is -0.121. The van der Waals surface area contributed by atoms with Crippen LogP contribution in [0.15, 0.2) is 18.2 Å². The molecule has 0 aliphatic rings. The number of halogens is 3. The first-order valence-corrected chi connectivity index (χ1v) is 6.87. The van der Waals surface area contributed by atoms with Gasteiger partial charge in [0.1, 0.15) is 12.3 Å². The lowest BCUT2D eigenvalue weighted by Gasteiger charge is -2.16. The number of para-hydroxylation sites is 1. The van der Waals surface area contributed by atoms with Gasteiger partial charge in [-0.25, -0.2) is 0 Å². The Balaban J connectivity index is 2.97. The SMILES string of the molecule is COc1cccc(CN)c1NS(=O)(=O)NCC(F)(F)F. The van der Waals surface area contributed by atoms with Gasteiger partial charge in [-0.15, -0.1) is 0 Å². The standard InChI is InChI=1S/C10H14F3N3O3S/c1-19-8-4-2-3-7(5-14)9(8)16-20(17,18)15-6-10(11,12)13/h2-4,15-16H,5-6,14H2,1H3. The molecule has 4 N–H and O–H groups in total. The Morgan fingerprint density at radius 2 is 2.00 bits per heavy atom. The first-order valence-electron chi connectivity index (χ1n) is 5.38. The highest BCUT2D eigenvalue weighted by atomic mass is 32.2. The molecule has 0 unspecified atom stereocenters. The number of nitrogens with two attached hydrogens (primary N) is 1. The van der Waals surface area contributed by atoms with Crippen LogP contribution in [-0.2, 0) is 16.8 Å². The molecule has 0 aromatic heterocycles. The molecular weight excluding hydrogens is 299 g/mol. The smallest absolute Gasteiger partial charge is 0.402 e. The van der Waals surface area contributed by atoms with Crippen molar-refractivity contribution < 1.29 is 26.3 Å². The fourth-order valence-corrected chi connectivity index (χ4v) is 2.31. The van der Waals surface area contributed by atoms with Gasteiger partial charge in [0, 0.05) is 6.54 Å². The van der Waals surface area contributed by atoms with Crippen molar-refractivity contribution in [3.63, 3.8) is 0 Å². The van der Waals surface area contributed by atoms with E-state index in [-0.39, 0.29) is 18.0 Å².